The quantitative estimate of drug-likeness (QED) is 0.470. The molecule has 2 unspecified atom stereocenters. The van der Waals surface area contributed by atoms with Crippen LogP contribution in [0.25, 0.3) is 5.52 Å². The molecule has 3 aromatic heterocycles. The molecule has 0 saturated carbocycles. The van der Waals surface area contributed by atoms with Crippen molar-refractivity contribution < 1.29 is 18.3 Å². The highest BCUT2D eigenvalue weighted by molar-refractivity contribution is 5.48. The van der Waals surface area contributed by atoms with Gasteiger partial charge in [0.05, 0.1) is 29.3 Å². The van der Waals surface area contributed by atoms with Gasteiger partial charge in [0.2, 0.25) is 5.82 Å². The summed E-state index contributed by atoms with van der Waals surface area (Å²) in [6.07, 6.45) is 0.230. The van der Waals surface area contributed by atoms with E-state index in [4.69, 9.17) is 0 Å². The van der Waals surface area contributed by atoms with Crippen LogP contribution >= 0.6 is 0 Å². The summed E-state index contributed by atoms with van der Waals surface area (Å²) in [5, 5.41) is 12.6. The number of nitrogens with zero attached hydrogens (tertiary/aromatic N) is 5. The minimum Gasteiger partial charge on any atom is -0.373 e. The van der Waals surface area contributed by atoms with Crippen LogP contribution in [0, 0.1) is 0 Å². The van der Waals surface area contributed by atoms with Crippen LogP contribution in [0.5, 0.6) is 0 Å². The van der Waals surface area contributed by atoms with Crippen molar-refractivity contribution in [3.05, 3.63) is 58.3 Å². The number of H-pyrrole nitrogens is 1. The molecule has 0 spiro atoms. The molecule has 2 saturated heterocycles. The summed E-state index contributed by atoms with van der Waals surface area (Å²) in [6.45, 7) is 3.42. The van der Waals surface area contributed by atoms with Gasteiger partial charge in [0.25, 0.3) is 0 Å². The fraction of sp³-hybridized carbons (Fsp3) is 0.522. The number of alkyl halides is 3. The van der Waals surface area contributed by atoms with Crippen LogP contribution in [0.3, 0.4) is 0 Å². The Hall–Kier alpha value is -2.96. The molecule has 2 atom stereocenters. The number of rotatable bonds is 5. The molecule has 2 aliphatic heterocycles. The molecule has 12 heteroatoms. The first kappa shape index (κ1) is 23.8. The molecule has 188 valence electrons. The molecule has 0 aromatic carbocycles. The zero-order valence-electron chi connectivity index (χ0n) is 19.3. The molecule has 2 fully saturated rings. The Morgan fingerprint density at radius 1 is 1.14 bits per heavy atom. The van der Waals surface area contributed by atoms with Gasteiger partial charge < -0.3 is 15.0 Å². The van der Waals surface area contributed by atoms with Gasteiger partial charge in [-0.3, -0.25) is 15.2 Å². The highest BCUT2D eigenvalue weighted by atomic mass is 19.4. The van der Waals surface area contributed by atoms with Gasteiger partial charge in [0.1, 0.15) is 6.23 Å². The highest BCUT2D eigenvalue weighted by Crippen LogP contribution is 2.32. The van der Waals surface area contributed by atoms with E-state index < -0.39 is 23.9 Å². The molecule has 9 nitrogen and oxygen atoms in total. The molecule has 0 amide bonds. The van der Waals surface area contributed by atoms with E-state index >= 15 is 0 Å². The first-order valence-corrected chi connectivity index (χ1v) is 11.7. The highest BCUT2D eigenvalue weighted by Gasteiger charge is 2.37. The van der Waals surface area contributed by atoms with Gasteiger partial charge >= 0.3 is 11.9 Å². The fourth-order valence-electron chi connectivity index (χ4n) is 5.23. The van der Waals surface area contributed by atoms with Crippen LogP contribution in [0.2, 0.25) is 0 Å². The Morgan fingerprint density at radius 2 is 1.91 bits per heavy atom. The van der Waals surface area contributed by atoms with E-state index in [1.165, 1.54) is 0 Å². The Balaban J connectivity index is 1.21. The van der Waals surface area contributed by atoms with Crippen molar-refractivity contribution in [1.82, 2.24) is 29.6 Å². The van der Waals surface area contributed by atoms with E-state index in [0.29, 0.717) is 21.8 Å². The number of imidazole rings is 1. The summed E-state index contributed by atoms with van der Waals surface area (Å²) >= 11 is 0. The third-order valence-corrected chi connectivity index (χ3v) is 7.13. The molecule has 0 aliphatic carbocycles. The zero-order valence-corrected chi connectivity index (χ0v) is 19.3. The van der Waals surface area contributed by atoms with Crippen LogP contribution in [0.15, 0.2) is 35.4 Å². The van der Waals surface area contributed by atoms with Crippen LogP contribution in [-0.2, 0) is 6.18 Å². The fourth-order valence-corrected chi connectivity index (χ4v) is 5.23. The summed E-state index contributed by atoms with van der Waals surface area (Å²) in [5.74, 6) is -1.14. The molecule has 0 bridgehead atoms. The summed E-state index contributed by atoms with van der Waals surface area (Å²) in [7, 11) is 1.67. The topological polar surface area (TPSA) is 102 Å². The number of fused-ring (bicyclic) bond motifs is 1. The Bertz CT molecular complexity index is 1230. The summed E-state index contributed by atoms with van der Waals surface area (Å²) in [5.41, 5.74) is 1.61. The lowest BCUT2D eigenvalue weighted by atomic mass is 10.0. The number of hydrogen-bond acceptors (Lipinski definition) is 7. The number of likely N-dealkylation sites (tertiary alicyclic amines) is 1. The number of aliphatic hydroxyl groups excluding tert-OH is 1. The van der Waals surface area contributed by atoms with Crippen molar-refractivity contribution in [2.75, 3.05) is 38.1 Å². The van der Waals surface area contributed by atoms with Gasteiger partial charge in [0, 0.05) is 37.3 Å². The number of aromatic amines is 1. The number of halogens is 3. The van der Waals surface area contributed by atoms with Gasteiger partial charge in [0.15, 0.2) is 0 Å². The Labute approximate surface area is 199 Å². The molecule has 2 aliphatic rings. The molecule has 35 heavy (non-hydrogen) atoms. The maximum absolute atomic E-state index is 13.1. The first-order chi connectivity index (χ1) is 16.7. The molecule has 5 rings (SSSR count). The van der Waals surface area contributed by atoms with Crippen LogP contribution < -0.4 is 15.9 Å². The Morgan fingerprint density at radius 3 is 2.57 bits per heavy atom. The third-order valence-electron chi connectivity index (χ3n) is 7.13. The molecular weight excluding hydrogens is 463 g/mol. The monoisotopic (exact) mass is 491 g/mol. The second-order valence-electron chi connectivity index (χ2n) is 9.20. The average Bonchev–Trinajstić information content (AvgIpc) is 3.52. The van der Waals surface area contributed by atoms with Crippen molar-refractivity contribution in [2.45, 2.75) is 43.6 Å². The molecule has 0 radical (unpaired) electrons. The van der Waals surface area contributed by atoms with E-state index in [9.17, 15) is 23.1 Å². The Kier molecular flexibility index (Phi) is 6.28. The van der Waals surface area contributed by atoms with E-state index in [1.54, 1.807) is 19.3 Å². The number of hydrogen-bond donors (Lipinski definition) is 3. The lowest BCUT2D eigenvalue weighted by molar-refractivity contribution is -0.145. The van der Waals surface area contributed by atoms with E-state index in [2.05, 4.69) is 30.1 Å². The number of aromatic nitrogens is 4. The van der Waals surface area contributed by atoms with Crippen molar-refractivity contribution in [3.63, 3.8) is 0 Å². The van der Waals surface area contributed by atoms with Crippen LogP contribution in [-0.4, -0.2) is 68.6 Å². The minimum absolute atomic E-state index is 0.0605. The maximum atomic E-state index is 13.1. The van der Waals surface area contributed by atoms with Gasteiger partial charge in [-0.05, 0) is 51.1 Å². The SMILES string of the molecule is CNC(O)c1ccc(N2CCC(N3CCC(c4cc5cnc(C(F)(F)F)n5c(=O)[nH]4)C3)CC2)cn1. The first-order valence-electron chi connectivity index (χ1n) is 11.7. The molecular formula is C23H28F3N7O2. The van der Waals surface area contributed by atoms with Gasteiger partial charge in [-0.25, -0.2) is 14.2 Å². The van der Waals surface area contributed by atoms with Crippen molar-refractivity contribution in [3.8, 4) is 0 Å². The number of anilines is 1. The van der Waals surface area contributed by atoms with Crippen molar-refractivity contribution in [2.24, 2.45) is 0 Å². The number of aliphatic hydroxyl groups is 1. The zero-order chi connectivity index (χ0) is 24.7. The third kappa shape index (κ3) is 4.65. The van der Waals surface area contributed by atoms with Crippen LogP contribution in [0.4, 0.5) is 18.9 Å². The second kappa shape index (κ2) is 9.25. The van der Waals surface area contributed by atoms with E-state index in [-0.39, 0.29) is 11.4 Å². The van der Waals surface area contributed by atoms with Gasteiger partial charge in [-0.2, -0.15) is 13.2 Å². The van der Waals surface area contributed by atoms with E-state index in [1.807, 2.05) is 12.1 Å². The van der Waals surface area contributed by atoms with Crippen molar-refractivity contribution in [1.29, 1.82) is 0 Å². The van der Waals surface area contributed by atoms with Crippen molar-refractivity contribution >= 4 is 11.2 Å². The largest absolute Gasteiger partial charge is 0.450 e. The summed E-state index contributed by atoms with van der Waals surface area (Å²) in [4.78, 5) is 27.6. The number of piperidine rings is 1. The maximum Gasteiger partial charge on any atom is 0.450 e. The smallest absolute Gasteiger partial charge is 0.373 e. The molecule has 3 N–H and O–H groups in total. The second-order valence-corrected chi connectivity index (χ2v) is 9.20. The van der Waals surface area contributed by atoms with Gasteiger partial charge in [-0.1, -0.05) is 0 Å². The van der Waals surface area contributed by atoms with Gasteiger partial charge in [-0.15, -0.1) is 0 Å². The normalized spacial score (nSPS) is 21.2. The number of pyridine rings is 1. The lowest BCUT2D eigenvalue weighted by Crippen LogP contribution is -2.44. The predicted molar refractivity (Wildman–Crippen MR) is 123 cm³/mol. The summed E-state index contributed by atoms with van der Waals surface area (Å²) < 4.78 is 40.0. The molecule has 5 heterocycles. The summed E-state index contributed by atoms with van der Waals surface area (Å²) in [6, 6.07) is 5.82. The van der Waals surface area contributed by atoms with Crippen LogP contribution in [0.1, 0.15) is 48.6 Å². The predicted octanol–water partition coefficient (Wildman–Crippen LogP) is 2.10. The minimum atomic E-state index is -4.69. The lowest BCUT2D eigenvalue weighted by Gasteiger charge is -2.37. The standard InChI is InChI=1S/C23H28F3N7O2/c1-27-20(34)18-3-2-16(11-28-18)31-8-5-15(6-9-31)32-7-4-14(13-32)19-10-17-12-29-21(23(24,25)26)33(17)22(35)30-19/h2-3,10-12,14-15,20,27,34H,4-9,13H2,1H3,(H,30,35). The van der Waals surface area contributed by atoms with E-state index in [0.717, 1.165) is 57.3 Å². The number of nitrogens with one attached hydrogen (secondary N) is 2. The average molecular weight is 492 g/mol. The molecule has 3 aromatic rings.